The minimum absolute atomic E-state index is 0.0939. The quantitative estimate of drug-likeness (QED) is 0.717. The Labute approximate surface area is 182 Å². The van der Waals surface area contributed by atoms with Gasteiger partial charge in [0.2, 0.25) is 5.91 Å². The van der Waals surface area contributed by atoms with Crippen LogP contribution in [0.25, 0.3) is 0 Å². The summed E-state index contributed by atoms with van der Waals surface area (Å²) in [5.74, 6) is 0.422. The number of nitrogens with zero attached hydrogens (tertiary/aromatic N) is 2. The molecule has 0 bridgehead atoms. The molecule has 4 rings (SSSR count). The first-order valence-corrected chi connectivity index (χ1v) is 11.2. The predicted molar refractivity (Wildman–Crippen MR) is 118 cm³/mol. The van der Waals surface area contributed by atoms with Crippen LogP contribution < -0.4 is 5.63 Å². The molecule has 6 heteroatoms. The Hall–Kier alpha value is -2.89. The van der Waals surface area contributed by atoms with E-state index in [4.69, 9.17) is 4.42 Å². The third-order valence-electron chi connectivity index (χ3n) is 6.65. The van der Waals surface area contributed by atoms with E-state index < -0.39 is 11.0 Å². The fourth-order valence-corrected chi connectivity index (χ4v) is 4.92. The summed E-state index contributed by atoms with van der Waals surface area (Å²) in [6.45, 7) is 6.26. The maximum Gasteiger partial charge on any atom is 0.349 e. The van der Waals surface area contributed by atoms with E-state index >= 15 is 0 Å². The molecule has 1 atom stereocenters. The largest absolute Gasteiger partial charge is 0.427 e. The molecule has 2 saturated heterocycles. The molecule has 2 aromatic rings. The summed E-state index contributed by atoms with van der Waals surface area (Å²) in [6, 6.07) is 11.8. The summed E-state index contributed by atoms with van der Waals surface area (Å²) < 4.78 is 5.50. The van der Waals surface area contributed by atoms with Crippen LogP contribution in [0.1, 0.15) is 53.4 Å². The van der Waals surface area contributed by atoms with Crippen molar-refractivity contribution in [3.05, 3.63) is 69.3 Å². The van der Waals surface area contributed by atoms with Crippen molar-refractivity contribution in [3.63, 3.8) is 0 Å². The Balaban J connectivity index is 1.47. The molecule has 6 nitrogen and oxygen atoms in total. The zero-order valence-electron chi connectivity index (χ0n) is 18.4. The molecular weight excluding hydrogens is 392 g/mol. The van der Waals surface area contributed by atoms with Gasteiger partial charge in [-0.25, -0.2) is 4.79 Å². The van der Waals surface area contributed by atoms with Crippen molar-refractivity contribution < 1.29 is 14.0 Å². The summed E-state index contributed by atoms with van der Waals surface area (Å²) in [4.78, 5) is 42.3. The maximum atomic E-state index is 13.2. The molecule has 31 heavy (non-hydrogen) atoms. The number of aryl methyl sites for hydroxylation is 3. The van der Waals surface area contributed by atoms with E-state index in [1.165, 1.54) is 5.56 Å². The number of likely N-dealkylation sites (tertiary alicyclic amines) is 2. The summed E-state index contributed by atoms with van der Waals surface area (Å²) in [7, 11) is 0. The molecule has 0 radical (unpaired) electrons. The molecule has 3 heterocycles. The van der Waals surface area contributed by atoms with E-state index in [0.29, 0.717) is 37.3 Å². The number of hydrogen-bond donors (Lipinski definition) is 0. The highest BCUT2D eigenvalue weighted by atomic mass is 16.4. The van der Waals surface area contributed by atoms with Crippen molar-refractivity contribution in [1.82, 2.24) is 9.80 Å². The highest BCUT2D eigenvalue weighted by Crippen LogP contribution is 2.41. The van der Waals surface area contributed by atoms with Gasteiger partial charge in [0.15, 0.2) is 0 Å². The van der Waals surface area contributed by atoms with Crippen LogP contribution in [0.3, 0.4) is 0 Å². The number of hydrogen-bond acceptors (Lipinski definition) is 4. The third kappa shape index (κ3) is 4.16. The van der Waals surface area contributed by atoms with Gasteiger partial charge in [0.25, 0.3) is 5.91 Å². The fraction of sp³-hybridized carbons (Fsp3) is 0.480. The SMILES string of the molecule is CCCN1CCC2(CCN(C(=O)c3c(C)cc(CCc4ccccc4)oc3=O)C2)C1=O. The molecule has 0 aliphatic carbocycles. The van der Waals surface area contributed by atoms with Crippen LogP contribution in [-0.2, 0) is 17.6 Å². The molecule has 2 aliphatic rings. The van der Waals surface area contributed by atoms with Gasteiger partial charge in [0.05, 0.1) is 5.41 Å². The molecule has 1 aromatic heterocycles. The molecule has 2 fully saturated rings. The first-order chi connectivity index (χ1) is 14.9. The first-order valence-electron chi connectivity index (χ1n) is 11.2. The number of carbonyl (C=O) groups excluding carboxylic acids is 2. The van der Waals surface area contributed by atoms with Gasteiger partial charge in [-0.05, 0) is 49.8 Å². The topological polar surface area (TPSA) is 70.8 Å². The van der Waals surface area contributed by atoms with Gasteiger partial charge in [-0.3, -0.25) is 9.59 Å². The Bertz CT molecular complexity index is 1030. The lowest BCUT2D eigenvalue weighted by atomic mass is 9.85. The minimum Gasteiger partial charge on any atom is -0.427 e. The summed E-state index contributed by atoms with van der Waals surface area (Å²) >= 11 is 0. The average molecular weight is 423 g/mol. The Morgan fingerprint density at radius 2 is 1.84 bits per heavy atom. The summed E-state index contributed by atoms with van der Waals surface area (Å²) in [5.41, 5.74) is 0.837. The Morgan fingerprint density at radius 3 is 2.55 bits per heavy atom. The van der Waals surface area contributed by atoms with Crippen molar-refractivity contribution in [2.75, 3.05) is 26.2 Å². The van der Waals surface area contributed by atoms with E-state index in [-0.39, 0.29) is 17.4 Å². The fourth-order valence-electron chi connectivity index (χ4n) is 4.92. The predicted octanol–water partition coefficient (Wildman–Crippen LogP) is 3.21. The third-order valence-corrected chi connectivity index (χ3v) is 6.65. The van der Waals surface area contributed by atoms with Crippen LogP contribution in [0.2, 0.25) is 0 Å². The second-order valence-corrected chi connectivity index (χ2v) is 8.84. The number of rotatable bonds is 6. The molecule has 2 amide bonds. The van der Waals surface area contributed by atoms with Gasteiger partial charge in [0.1, 0.15) is 11.3 Å². The second-order valence-electron chi connectivity index (χ2n) is 8.84. The monoisotopic (exact) mass is 422 g/mol. The van der Waals surface area contributed by atoms with E-state index in [0.717, 1.165) is 32.4 Å². The minimum atomic E-state index is -0.584. The molecule has 1 aromatic carbocycles. The molecule has 1 spiro atoms. The highest BCUT2D eigenvalue weighted by Gasteiger charge is 2.51. The van der Waals surface area contributed by atoms with E-state index in [9.17, 15) is 14.4 Å². The lowest BCUT2D eigenvalue weighted by Crippen LogP contribution is -2.39. The molecule has 2 aliphatic heterocycles. The Morgan fingerprint density at radius 1 is 1.10 bits per heavy atom. The van der Waals surface area contributed by atoms with Crippen LogP contribution >= 0.6 is 0 Å². The zero-order valence-corrected chi connectivity index (χ0v) is 18.4. The van der Waals surface area contributed by atoms with Gasteiger partial charge in [-0.2, -0.15) is 0 Å². The number of amides is 2. The van der Waals surface area contributed by atoms with Gasteiger partial charge in [-0.1, -0.05) is 37.3 Å². The van der Waals surface area contributed by atoms with Crippen molar-refractivity contribution in [2.45, 2.75) is 46.0 Å². The Kier molecular flexibility index (Phi) is 5.99. The molecule has 0 N–H and O–H groups in total. The standard InChI is InChI=1S/C25H30N2O4/c1-3-13-26-14-11-25(24(26)30)12-15-27(17-25)22(28)21-18(2)16-20(31-23(21)29)10-9-19-7-5-4-6-8-19/h4-8,16H,3,9-15,17H2,1-2H3. The second kappa shape index (κ2) is 8.69. The maximum absolute atomic E-state index is 13.2. The molecule has 0 saturated carbocycles. The van der Waals surface area contributed by atoms with E-state index in [2.05, 4.69) is 6.92 Å². The van der Waals surface area contributed by atoms with Crippen molar-refractivity contribution in [3.8, 4) is 0 Å². The van der Waals surface area contributed by atoms with Gasteiger partial charge in [0, 0.05) is 32.6 Å². The average Bonchev–Trinajstić information content (AvgIpc) is 3.32. The van der Waals surface area contributed by atoms with Crippen LogP contribution in [-0.4, -0.2) is 47.8 Å². The van der Waals surface area contributed by atoms with Crippen molar-refractivity contribution in [2.24, 2.45) is 5.41 Å². The van der Waals surface area contributed by atoms with Gasteiger partial charge >= 0.3 is 5.63 Å². The summed E-state index contributed by atoms with van der Waals surface area (Å²) in [5, 5.41) is 0. The van der Waals surface area contributed by atoms with E-state index in [1.54, 1.807) is 17.9 Å². The summed E-state index contributed by atoms with van der Waals surface area (Å²) in [6.07, 6.45) is 3.74. The van der Waals surface area contributed by atoms with E-state index in [1.807, 2.05) is 35.2 Å². The van der Waals surface area contributed by atoms with Crippen LogP contribution in [0.5, 0.6) is 0 Å². The van der Waals surface area contributed by atoms with Crippen molar-refractivity contribution >= 4 is 11.8 Å². The number of benzene rings is 1. The lowest BCUT2D eigenvalue weighted by Gasteiger charge is -2.23. The van der Waals surface area contributed by atoms with Crippen LogP contribution in [0.4, 0.5) is 0 Å². The van der Waals surface area contributed by atoms with Crippen molar-refractivity contribution in [1.29, 1.82) is 0 Å². The first kappa shape index (κ1) is 21.3. The molecule has 164 valence electrons. The van der Waals surface area contributed by atoms with Crippen LogP contribution in [0, 0.1) is 12.3 Å². The zero-order chi connectivity index (χ0) is 22.0. The van der Waals surface area contributed by atoms with Gasteiger partial charge < -0.3 is 14.2 Å². The smallest absolute Gasteiger partial charge is 0.349 e. The molecule has 1 unspecified atom stereocenters. The lowest BCUT2D eigenvalue weighted by molar-refractivity contribution is -0.135. The highest BCUT2D eigenvalue weighted by molar-refractivity contribution is 5.96. The number of carbonyl (C=O) groups is 2. The molecular formula is C25H30N2O4. The normalized spacial score (nSPS) is 20.8. The van der Waals surface area contributed by atoms with Crippen LogP contribution in [0.15, 0.2) is 45.6 Å². The van der Waals surface area contributed by atoms with Gasteiger partial charge in [-0.15, -0.1) is 0 Å².